The Morgan fingerprint density at radius 2 is 1.95 bits per heavy atom. The Morgan fingerprint density at radius 1 is 1.37 bits per heavy atom. The van der Waals surface area contributed by atoms with E-state index in [2.05, 4.69) is 13.8 Å². The molecule has 0 spiro atoms. The Hall–Kier alpha value is -0.610. The highest BCUT2D eigenvalue weighted by molar-refractivity contribution is 5.82. The number of ether oxygens (including phenoxy) is 1. The molecule has 0 aromatic rings. The predicted molar refractivity (Wildman–Crippen MR) is 75.9 cm³/mol. The summed E-state index contributed by atoms with van der Waals surface area (Å²) in [6.07, 6.45) is 4.64. The topological polar surface area (TPSA) is 49.8 Å². The third kappa shape index (κ3) is 4.46. The van der Waals surface area contributed by atoms with E-state index in [4.69, 9.17) is 4.74 Å². The summed E-state index contributed by atoms with van der Waals surface area (Å²) in [6, 6.07) is 0. The monoisotopic (exact) mass is 271 g/mol. The maximum Gasteiger partial charge on any atom is 0.228 e. The SMILES string of the molecule is COCC(O)CN(C)C(=O)C1(CC(C)C)CCCC1. The van der Waals surface area contributed by atoms with Crippen molar-refractivity contribution in [2.75, 3.05) is 27.3 Å². The number of hydrogen-bond acceptors (Lipinski definition) is 3. The molecule has 0 bridgehead atoms. The van der Waals surface area contributed by atoms with Crippen LogP contribution in [0.5, 0.6) is 0 Å². The van der Waals surface area contributed by atoms with Gasteiger partial charge >= 0.3 is 0 Å². The molecule has 19 heavy (non-hydrogen) atoms. The summed E-state index contributed by atoms with van der Waals surface area (Å²) in [7, 11) is 3.35. The molecule has 1 fully saturated rings. The van der Waals surface area contributed by atoms with Crippen LogP contribution in [0.3, 0.4) is 0 Å². The molecule has 1 atom stereocenters. The lowest BCUT2D eigenvalue weighted by Crippen LogP contribution is -2.45. The first-order chi connectivity index (χ1) is 8.91. The molecule has 1 N–H and O–H groups in total. The highest BCUT2D eigenvalue weighted by Crippen LogP contribution is 2.44. The smallest absolute Gasteiger partial charge is 0.228 e. The quantitative estimate of drug-likeness (QED) is 0.771. The molecule has 0 heterocycles. The van der Waals surface area contributed by atoms with Crippen LogP contribution in [0.2, 0.25) is 0 Å². The fraction of sp³-hybridized carbons (Fsp3) is 0.933. The summed E-state index contributed by atoms with van der Waals surface area (Å²) in [6.45, 7) is 4.97. The van der Waals surface area contributed by atoms with Gasteiger partial charge in [-0.15, -0.1) is 0 Å². The summed E-state index contributed by atoms with van der Waals surface area (Å²) in [4.78, 5) is 14.4. The third-order valence-corrected chi connectivity index (χ3v) is 4.00. The Balaban J connectivity index is 2.66. The van der Waals surface area contributed by atoms with E-state index < -0.39 is 6.10 Å². The molecule has 0 aliphatic heterocycles. The first-order valence-corrected chi connectivity index (χ1v) is 7.34. The lowest BCUT2D eigenvalue weighted by molar-refractivity contribution is -0.143. The molecule has 1 aliphatic carbocycles. The van der Waals surface area contributed by atoms with E-state index in [9.17, 15) is 9.90 Å². The molecule has 0 saturated heterocycles. The zero-order valence-corrected chi connectivity index (χ0v) is 12.8. The van der Waals surface area contributed by atoms with Crippen LogP contribution in [0.25, 0.3) is 0 Å². The average molecular weight is 271 g/mol. The van der Waals surface area contributed by atoms with Crippen LogP contribution in [0, 0.1) is 11.3 Å². The summed E-state index contributed by atoms with van der Waals surface area (Å²) < 4.78 is 4.91. The van der Waals surface area contributed by atoms with Crippen molar-refractivity contribution < 1.29 is 14.6 Å². The van der Waals surface area contributed by atoms with Crippen molar-refractivity contribution in [2.24, 2.45) is 11.3 Å². The van der Waals surface area contributed by atoms with Gasteiger partial charge in [0.15, 0.2) is 0 Å². The maximum atomic E-state index is 12.7. The van der Waals surface area contributed by atoms with Gasteiger partial charge in [0.2, 0.25) is 5.91 Å². The third-order valence-electron chi connectivity index (χ3n) is 4.00. The van der Waals surface area contributed by atoms with Crippen LogP contribution in [-0.4, -0.2) is 49.3 Å². The number of aliphatic hydroxyl groups excluding tert-OH is 1. The second kappa shape index (κ2) is 7.25. The van der Waals surface area contributed by atoms with Crippen molar-refractivity contribution >= 4 is 5.91 Å². The molecule has 4 heteroatoms. The highest BCUT2D eigenvalue weighted by atomic mass is 16.5. The molecule has 1 rings (SSSR count). The first-order valence-electron chi connectivity index (χ1n) is 7.34. The van der Waals surface area contributed by atoms with Crippen molar-refractivity contribution in [1.29, 1.82) is 0 Å². The van der Waals surface area contributed by atoms with E-state index in [1.54, 1.807) is 19.1 Å². The van der Waals surface area contributed by atoms with Gasteiger partial charge in [0, 0.05) is 26.1 Å². The van der Waals surface area contributed by atoms with Gasteiger partial charge in [-0.3, -0.25) is 4.79 Å². The second-order valence-corrected chi connectivity index (χ2v) is 6.38. The Labute approximate surface area is 117 Å². The fourth-order valence-corrected chi connectivity index (χ4v) is 3.39. The average Bonchev–Trinajstić information content (AvgIpc) is 2.76. The molecule has 1 aliphatic rings. The van der Waals surface area contributed by atoms with E-state index in [1.807, 2.05) is 0 Å². The molecule has 1 unspecified atom stereocenters. The number of amides is 1. The van der Waals surface area contributed by atoms with Gasteiger partial charge in [0.1, 0.15) is 0 Å². The summed E-state index contributed by atoms with van der Waals surface area (Å²) in [5.74, 6) is 0.730. The summed E-state index contributed by atoms with van der Waals surface area (Å²) in [5.41, 5.74) is -0.185. The minimum Gasteiger partial charge on any atom is -0.389 e. The minimum atomic E-state index is -0.601. The van der Waals surface area contributed by atoms with Gasteiger partial charge in [-0.1, -0.05) is 26.7 Å². The normalized spacial score (nSPS) is 19.7. The molecule has 0 aromatic heterocycles. The van der Waals surface area contributed by atoms with Crippen LogP contribution in [0.1, 0.15) is 46.0 Å². The lowest BCUT2D eigenvalue weighted by atomic mass is 9.77. The van der Waals surface area contributed by atoms with E-state index in [1.165, 1.54) is 0 Å². The van der Waals surface area contributed by atoms with E-state index in [-0.39, 0.29) is 17.9 Å². The van der Waals surface area contributed by atoms with Crippen molar-refractivity contribution in [1.82, 2.24) is 4.90 Å². The number of likely N-dealkylation sites (N-methyl/N-ethyl adjacent to an activating group) is 1. The molecular weight excluding hydrogens is 242 g/mol. The van der Waals surface area contributed by atoms with E-state index in [0.29, 0.717) is 12.5 Å². The van der Waals surface area contributed by atoms with Crippen LogP contribution >= 0.6 is 0 Å². The molecule has 1 saturated carbocycles. The van der Waals surface area contributed by atoms with E-state index in [0.717, 1.165) is 32.1 Å². The molecule has 112 valence electrons. The first kappa shape index (κ1) is 16.4. The fourth-order valence-electron chi connectivity index (χ4n) is 3.39. The van der Waals surface area contributed by atoms with Gasteiger partial charge in [-0.05, 0) is 25.2 Å². The number of carbonyl (C=O) groups excluding carboxylic acids is 1. The predicted octanol–water partition coefficient (Wildman–Crippen LogP) is 2.06. The highest BCUT2D eigenvalue weighted by Gasteiger charge is 2.42. The van der Waals surface area contributed by atoms with E-state index >= 15 is 0 Å². The van der Waals surface area contributed by atoms with Crippen molar-refractivity contribution in [3.63, 3.8) is 0 Å². The molecule has 1 amide bonds. The van der Waals surface area contributed by atoms with Gasteiger partial charge in [-0.25, -0.2) is 0 Å². The van der Waals surface area contributed by atoms with Crippen molar-refractivity contribution in [3.8, 4) is 0 Å². The number of nitrogens with zero attached hydrogens (tertiary/aromatic N) is 1. The van der Waals surface area contributed by atoms with Crippen molar-refractivity contribution in [2.45, 2.75) is 52.1 Å². The maximum absolute atomic E-state index is 12.7. The zero-order valence-electron chi connectivity index (χ0n) is 12.8. The number of methoxy groups -OCH3 is 1. The summed E-state index contributed by atoms with van der Waals surface area (Å²) >= 11 is 0. The molecule has 4 nitrogen and oxygen atoms in total. The van der Waals surface area contributed by atoms with Gasteiger partial charge in [0.05, 0.1) is 12.7 Å². The number of rotatable bonds is 7. The Morgan fingerprint density at radius 3 is 2.42 bits per heavy atom. The summed E-state index contributed by atoms with van der Waals surface area (Å²) in [5, 5.41) is 9.76. The minimum absolute atomic E-state index is 0.185. The van der Waals surface area contributed by atoms with Crippen LogP contribution < -0.4 is 0 Å². The standard InChI is InChI=1S/C15H29NO3/c1-12(2)9-15(7-5-6-8-15)14(18)16(3)10-13(17)11-19-4/h12-13,17H,5-11H2,1-4H3. The largest absolute Gasteiger partial charge is 0.389 e. The molecule has 0 radical (unpaired) electrons. The molecule has 0 aromatic carbocycles. The second-order valence-electron chi connectivity index (χ2n) is 6.38. The van der Waals surface area contributed by atoms with Crippen LogP contribution in [0.4, 0.5) is 0 Å². The lowest BCUT2D eigenvalue weighted by Gasteiger charge is -2.34. The molecular formula is C15H29NO3. The number of aliphatic hydroxyl groups is 1. The van der Waals surface area contributed by atoms with Crippen LogP contribution in [-0.2, 0) is 9.53 Å². The number of hydrogen-bond donors (Lipinski definition) is 1. The number of carbonyl (C=O) groups is 1. The van der Waals surface area contributed by atoms with Gasteiger partial charge < -0.3 is 14.7 Å². The van der Waals surface area contributed by atoms with Gasteiger partial charge in [0.25, 0.3) is 0 Å². The Bertz CT molecular complexity index is 285. The van der Waals surface area contributed by atoms with Gasteiger partial charge in [-0.2, -0.15) is 0 Å². The van der Waals surface area contributed by atoms with Crippen LogP contribution in [0.15, 0.2) is 0 Å². The zero-order chi connectivity index (χ0) is 14.5. The van der Waals surface area contributed by atoms with Crippen molar-refractivity contribution in [3.05, 3.63) is 0 Å². The Kier molecular flexibility index (Phi) is 6.27.